The Kier molecular flexibility index (Phi) is 2890. The van der Waals surface area contributed by atoms with Gasteiger partial charge >= 0.3 is 0 Å². The zero-order chi connectivity index (χ0) is 6.71. The van der Waals surface area contributed by atoms with Gasteiger partial charge in [-0.3, -0.25) is 0 Å². The second kappa shape index (κ2) is 572. The zero-order valence-electron chi connectivity index (χ0n) is 5.90. The van der Waals surface area contributed by atoms with Crippen LogP contribution in [0.15, 0.2) is 6.58 Å². The normalized spacial score (nSPS) is 2.00. The Labute approximate surface area is 74.9 Å². The molecule has 0 heterocycles. The topological polar surface area (TPSA) is 118 Å². The summed E-state index contributed by atoms with van der Waals surface area (Å²) in [5.74, 6) is 1.25. The van der Waals surface area contributed by atoms with Crippen molar-refractivity contribution in [1.29, 1.82) is 0 Å². The summed E-state index contributed by atoms with van der Waals surface area (Å²) >= 11 is 0. The number of rotatable bonds is 0. The fourth-order valence-corrected chi connectivity index (χ4v) is 0. The predicted molar refractivity (Wildman–Crippen MR) is 31.5 cm³/mol. The molecule has 0 bridgehead atoms. The van der Waals surface area contributed by atoms with Crippen LogP contribution in [0.25, 0.3) is 0 Å². The maximum absolute atomic E-state index is 8.57. The van der Waals surface area contributed by atoms with E-state index in [0.29, 0.717) is 0 Å². The summed E-state index contributed by atoms with van der Waals surface area (Å²) in [6.07, 6.45) is 0. The van der Waals surface area contributed by atoms with Crippen molar-refractivity contribution in [1.82, 2.24) is 0 Å². The Bertz CT molecular complexity index is 34.6. The Morgan fingerprint density at radius 2 is 1.10 bits per heavy atom. The van der Waals surface area contributed by atoms with Crippen molar-refractivity contribution >= 4 is 5.94 Å². The largest absolute Gasteiger partial charge is 0.870 e. The molecule has 6 heteroatoms. The number of hydrogen-bond donors (Lipinski definition) is 2. The zero-order valence-corrected chi connectivity index (χ0v) is 7.47. The van der Waals surface area contributed by atoms with Crippen molar-refractivity contribution in [3.8, 4) is 0 Å². The molecule has 0 saturated heterocycles. The van der Waals surface area contributed by atoms with Crippen LogP contribution in [0.2, 0.25) is 0 Å². The molecule has 0 rings (SSSR count). The van der Waals surface area contributed by atoms with E-state index in [1.54, 1.807) is 0 Å². The van der Waals surface area contributed by atoms with Crippen LogP contribution < -0.4 is 0 Å². The van der Waals surface area contributed by atoms with Gasteiger partial charge in [-0.15, -0.1) is 0 Å². The predicted octanol–water partition coefficient (Wildman–Crippen LogP) is -1.14. The first-order valence-electron chi connectivity index (χ1n) is 1.45. The van der Waals surface area contributed by atoms with Gasteiger partial charge in [0.15, 0.2) is 0 Å². The van der Waals surface area contributed by atoms with Gasteiger partial charge in [-0.05, 0) is 6.58 Å². The van der Waals surface area contributed by atoms with E-state index in [4.69, 9.17) is 15.0 Å². The van der Waals surface area contributed by atoms with Gasteiger partial charge < -0.3 is 21.2 Å². The van der Waals surface area contributed by atoms with Crippen LogP contribution in [-0.4, -0.2) is 41.3 Å². The second-order valence-corrected chi connectivity index (χ2v) is 0.144. The first-order chi connectivity index (χ1) is 3.41. The van der Waals surface area contributed by atoms with Gasteiger partial charge in [-0.1, -0.05) is 0 Å². The average molecular weight is 188 g/mol. The molecule has 0 saturated carbocycles. The molecule has 0 spiro atoms. The third kappa shape index (κ3) is 21400000. The van der Waals surface area contributed by atoms with Crippen molar-refractivity contribution in [2.24, 2.45) is 0 Å². The van der Waals surface area contributed by atoms with Crippen molar-refractivity contribution in [2.75, 3.05) is 14.2 Å². The Balaban J connectivity index is -0.00000000536. The van der Waals surface area contributed by atoms with Gasteiger partial charge in [-0.25, -0.2) is 4.79 Å². The van der Waals surface area contributed by atoms with E-state index in [1.165, 1.54) is 5.94 Å². The molecule has 0 amide bonds. The van der Waals surface area contributed by atoms with E-state index >= 15 is 0 Å². The summed E-state index contributed by atoms with van der Waals surface area (Å²) < 4.78 is 0. The minimum absolute atomic E-state index is 0. The molecule has 0 aliphatic carbocycles. The van der Waals surface area contributed by atoms with Gasteiger partial charge in [0.1, 0.15) is 5.94 Å². The van der Waals surface area contributed by atoms with Crippen LogP contribution >= 0.6 is 0 Å². The molecule has 4 N–H and O–H groups in total. The smallest absolute Gasteiger partial charge is 0.116 e. The van der Waals surface area contributed by atoms with Crippen molar-refractivity contribution in [3.05, 3.63) is 6.58 Å². The van der Waals surface area contributed by atoms with Crippen LogP contribution in [0.4, 0.5) is 0 Å². The van der Waals surface area contributed by atoms with E-state index in [-0.39, 0.29) is 32.7 Å². The monoisotopic (exact) mass is 188 g/mol. The summed E-state index contributed by atoms with van der Waals surface area (Å²) in [6.45, 7) is 2.68. The molecule has 0 radical (unpaired) electrons. The maximum atomic E-state index is 8.57. The molecule has 0 fully saturated rings. The number of aliphatic hydroxyl groups excluding tert-OH is 2. The standard InChI is InChI=1S/C2H2O.2CH4O.2H2O.Ti/c1-2-3;2*1-2;;;/h1H2;2*2H,1H3;2*1H2;/p-2. The molecule has 5 nitrogen and oxygen atoms in total. The van der Waals surface area contributed by atoms with Crippen LogP contribution in [0.5, 0.6) is 0 Å². The fourth-order valence-electron chi connectivity index (χ4n) is 0. The van der Waals surface area contributed by atoms with E-state index in [9.17, 15) is 0 Å². The minimum Gasteiger partial charge on any atom is -0.870 e. The van der Waals surface area contributed by atoms with Crippen molar-refractivity contribution < 1.29 is 47.7 Å². The van der Waals surface area contributed by atoms with E-state index in [2.05, 4.69) is 6.58 Å². The van der Waals surface area contributed by atoms with Gasteiger partial charge in [0.2, 0.25) is 0 Å². The van der Waals surface area contributed by atoms with Gasteiger partial charge in [0.25, 0.3) is 0 Å². The van der Waals surface area contributed by atoms with Crippen molar-refractivity contribution in [3.63, 3.8) is 0 Å². The van der Waals surface area contributed by atoms with Crippen LogP contribution in [0.1, 0.15) is 0 Å². The van der Waals surface area contributed by atoms with Crippen LogP contribution in [-0.2, 0) is 26.5 Å². The summed E-state index contributed by atoms with van der Waals surface area (Å²) in [6, 6.07) is 0. The van der Waals surface area contributed by atoms with E-state index in [0.717, 1.165) is 14.2 Å². The summed E-state index contributed by atoms with van der Waals surface area (Å²) in [7, 11) is 2.00. The SMILES string of the molecule is C=C=O.CO.CO.[OH-].[OH-].[Ti]. The van der Waals surface area contributed by atoms with Crippen LogP contribution in [0.3, 0.4) is 0 Å². The summed E-state index contributed by atoms with van der Waals surface area (Å²) in [5.41, 5.74) is 0. The summed E-state index contributed by atoms with van der Waals surface area (Å²) in [5, 5.41) is 14.0. The number of aliphatic hydroxyl groups is 2. The fraction of sp³-hybridized carbons (Fsp3) is 0.500. The molecule has 0 aliphatic heterocycles. The summed E-state index contributed by atoms with van der Waals surface area (Å²) in [4.78, 5) is 8.57. The molecular formula is C4H12O5Ti-2. The quantitative estimate of drug-likeness (QED) is 0.368. The van der Waals surface area contributed by atoms with Crippen LogP contribution in [0, 0.1) is 0 Å². The number of hydrogen-bond acceptors (Lipinski definition) is 5. The number of carbonyl (C=O) groups excluding carboxylic acids is 1. The molecule has 0 unspecified atom stereocenters. The van der Waals surface area contributed by atoms with E-state index in [1.807, 2.05) is 0 Å². The average Bonchev–Trinajstić information content (AvgIpc) is 1.78. The minimum atomic E-state index is 0. The Morgan fingerprint density at radius 1 is 1.10 bits per heavy atom. The molecule has 0 aromatic heterocycles. The third-order valence-corrected chi connectivity index (χ3v) is 0. The Morgan fingerprint density at radius 3 is 1.10 bits per heavy atom. The van der Waals surface area contributed by atoms with Gasteiger partial charge in [-0.2, -0.15) is 0 Å². The molecule has 0 atom stereocenters. The molecule has 64 valence electrons. The Hall–Kier alpha value is 0.00429. The van der Waals surface area contributed by atoms with Crippen molar-refractivity contribution in [2.45, 2.75) is 0 Å². The maximum Gasteiger partial charge on any atom is 0.116 e. The molecule has 10 heavy (non-hydrogen) atoms. The van der Waals surface area contributed by atoms with Gasteiger partial charge in [0.05, 0.1) is 0 Å². The first-order valence-corrected chi connectivity index (χ1v) is 1.45. The second-order valence-electron chi connectivity index (χ2n) is 0.144. The molecule has 0 aromatic rings. The molecule has 0 aliphatic rings. The van der Waals surface area contributed by atoms with E-state index < -0.39 is 0 Å². The molecule has 0 aromatic carbocycles. The third-order valence-electron chi connectivity index (χ3n) is 0. The first kappa shape index (κ1) is 50.6. The van der Waals surface area contributed by atoms with Gasteiger partial charge in [0, 0.05) is 35.9 Å². The molecular weight excluding hydrogens is 176 g/mol.